The zero-order valence-electron chi connectivity index (χ0n) is 11.3. The van der Waals surface area contributed by atoms with Crippen molar-refractivity contribution in [1.29, 1.82) is 0 Å². The Morgan fingerprint density at radius 3 is 2.89 bits per heavy atom. The van der Waals surface area contributed by atoms with Gasteiger partial charge in [-0.05, 0) is 65.7 Å². The monoisotopic (exact) mass is 310 g/mol. The molecule has 100 valence electrons. The van der Waals surface area contributed by atoms with E-state index in [1.54, 1.807) is 0 Å². The summed E-state index contributed by atoms with van der Waals surface area (Å²) in [5.41, 5.74) is 1.32. The lowest BCUT2D eigenvalue weighted by Crippen LogP contribution is -2.34. The molecule has 0 saturated heterocycles. The van der Waals surface area contributed by atoms with Crippen LogP contribution < -0.4 is 5.32 Å². The number of pyridine rings is 1. The van der Waals surface area contributed by atoms with Crippen molar-refractivity contribution in [1.82, 2.24) is 10.3 Å². The third-order valence-electron chi connectivity index (χ3n) is 4.32. The molecule has 3 heteroatoms. The summed E-state index contributed by atoms with van der Waals surface area (Å²) in [4.78, 5) is 4.25. The van der Waals surface area contributed by atoms with Gasteiger partial charge in [-0.2, -0.15) is 0 Å². The van der Waals surface area contributed by atoms with Crippen molar-refractivity contribution in [2.24, 2.45) is 11.8 Å². The van der Waals surface area contributed by atoms with Crippen molar-refractivity contribution in [2.45, 2.75) is 45.1 Å². The van der Waals surface area contributed by atoms with Gasteiger partial charge in [0, 0.05) is 22.9 Å². The average Bonchev–Trinajstić information content (AvgIpc) is 2.84. The van der Waals surface area contributed by atoms with Crippen LogP contribution in [0.5, 0.6) is 0 Å². The minimum absolute atomic E-state index is 0.595. The Morgan fingerprint density at radius 2 is 2.28 bits per heavy atom. The van der Waals surface area contributed by atoms with Crippen LogP contribution >= 0.6 is 15.9 Å². The van der Waals surface area contributed by atoms with Gasteiger partial charge in [-0.3, -0.25) is 4.98 Å². The number of rotatable bonds is 5. The lowest BCUT2D eigenvalue weighted by molar-refractivity contribution is 0.361. The number of aromatic nitrogens is 1. The number of nitrogens with one attached hydrogen (secondary N) is 1. The number of hydrogen-bond acceptors (Lipinski definition) is 2. The van der Waals surface area contributed by atoms with Gasteiger partial charge in [0.25, 0.3) is 0 Å². The first kappa shape index (κ1) is 14.0. The van der Waals surface area contributed by atoms with Crippen molar-refractivity contribution in [3.05, 3.63) is 28.5 Å². The van der Waals surface area contributed by atoms with Crippen LogP contribution in [0.15, 0.2) is 22.9 Å². The SMILES string of the molecule is CCC1CCC(C(Cc2cncc(Br)c2)NC)C1. The Balaban J connectivity index is 1.97. The van der Waals surface area contributed by atoms with Crippen LogP contribution in [0.4, 0.5) is 0 Å². The molecule has 1 aliphatic carbocycles. The van der Waals surface area contributed by atoms with Gasteiger partial charge in [0.2, 0.25) is 0 Å². The second kappa shape index (κ2) is 6.67. The van der Waals surface area contributed by atoms with Gasteiger partial charge in [0.15, 0.2) is 0 Å². The first-order valence-electron chi connectivity index (χ1n) is 6.99. The smallest absolute Gasteiger partial charge is 0.0410 e. The molecule has 3 unspecified atom stereocenters. The fourth-order valence-electron chi connectivity index (χ4n) is 3.18. The van der Waals surface area contributed by atoms with Crippen LogP contribution in [-0.4, -0.2) is 18.1 Å². The molecular formula is C15H23BrN2. The molecule has 1 saturated carbocycles. The highest BCUT2D eigenvalue weighted by molar-refractivity contribution is 9.10. The maximum Gasteiger partial charge on any atom is 0.0410 e. The number of halogens is 1. The third kappa shape index (κ3) is 3.55. The molecule has 0 amide bonds. The summed E-state index contributed by atoms with van der Waals surface area (Å²) in [6.07, 6.45) is 10.4. The molecule has 1 aromatic rings. The largest absolute Gasteiger partial charge is 0.316 e. The molecule has 3 atom stereocenters. The molecule has 1 fully saturated rings. The van der Waals surface area contributed by atoms with E-state index in [0.29, 0.717) is 6.04 Å². The van der Waals surface area contributed by atoms with Gasteiger partial charge in [0.05, 0.1) is 0 Å². The summed E-state index contributed by atoms with van der Waals surface area (Å²) in [6.45, 7) is 2.32. The van der Waals surface area contributed by atoms with Gasteiger partial charge < -0.3 is 5.32 Å². The van der Waals surface area contributed by atoms with Crippen molar-refractivity contribution >= 4 is 15.9 Å². The van der Waals surface area contributed by atoms with Crippen LogP contribution in [0.1, 0.15) is 38.2 Å². The quantitative estimate of drug-likeness (QED) is 0.894. The molecule has 2 nitrogen and oxygen atoms in total. The Labute approximate surface area is 119 Å². The van der Waals surface area contributed by atoms with Crippen molar-refractivity contribution in [3.63, 3.8) is 0 Å². The third-order valence-corrected chi connectivity index (χ3v) is 4.75. The van der Waals surface area contributed by atoms with E-state index in [1.165, 1.54) is 31.2 Å². The van der Waals surface area contributed by atoms with E-state index < -0.39 is 0 Å². The molecule has 0 spiro atoms. The van der Waals surface area contributed by atoms with Gasteiger partial charge in [-0.25, -0.2) is 0 Å². The lowest BCUT2D eigenvalue weighted by Gasteiger charge is -2.23. The normalized spacial score (nSPS) is 25.3. The summed E-state index contributed by atoms with van der Waals surface area (Å²) in [7, 11) is 2.09. The van der Waals surface area contributed by atoms with Gasteiger partial charge >= 0.3 is 0 Å². The zero-order chi connectivity index (χ0) is 13.0. The second-order valence-corrected chi connectivity index (χ2v) is 6.37. The molecule has 0 radical (unpaired) electrons. The van der Waals surface area contributed by atoms with E-state index in [0.717, 1.165) is 22.7 Å². The highest BCUT2D eigenvalue weighted by Crippen LogP contribution is 2.35. The lowest BCUT2D eigenvalue weighted by atomic mass is 9.91. The van der Waals surface area contributed by atoms with Crippen molar-refractivity contribution in [3.8, 4) is 0 Å². The molecule has 1 N–H and O–H groups in total. The highest BCUT2D eigenvalue weighted by atomic mass is 79.9. The first-order valence-corrected chi connectivity index (χ1v) is 7.79. The highest BCUT2D eigenvalue weighted by Gasteiger charge is 2.29. The number of nitrogens with zero attached hydrogens (tertiary/aromatic N) is 1. The van der Waals surface area contributed by atoms with E-state index in [-0.39, 0.29) is 0 Å². The molecule has 2 rings (SSSR count). The van der Waals surface area contributed by atoms with Gasteiger partial charge in [-0.1, -0.05) is 19.8 Å². The molecule has 0 bridgehead atoms. The predicted octanol–water partition coefficient (Wildman–Crippen LogP) is 3.80. The molecular weight excluding hydrogens is 288 g/mol. The minimum Gasteiger partial charge on any atom is -0.316 e. The van der Waals surface area contributed by atoms with Gasteiger partial charge in [0.1, 0.15) is 0 Å². The summed E-state index contributed by atoms with van der Waals surface area (Å²) in [6, 6.07) is 2.78. The molecule has 1 aromatic heterocycles. The number of hydrogen-bond donors (Lipinski definition) is 1. The fourth-order valence-corrected chi connectivity index (χ4v) is 3.59. The predicted molar refractivity (Wildman–Crippen MR) is 79.6 cm³/mol. The molecule has 0 aromatic carbocycles. The van der Waals surface area contributed by atoms with E-state index in [1.807, 2.05) is 12.4 Å². The first-order chi connectivity index (χ1) is 8.72. The Bertz CT molecular complexity index is 381. The minimum atomic E-state index is 0.595. The Hall–Kier alpha value is -0.410. The van der Waals surface area contributed by atoms with E-state index >= 15 is 0 Å². The van der Waals surface area contributed by atoms with E-state index in [9.17, 15) is 0 Å². The number of likely N-dealkylation sites (N-methyl/N-ethyl adjacent to an activating group) is 1. The van der Waals surface area contributed by atoms with Crippen LogP contribution in [0, 0.1) is 11.8 Å². The molecule has 0 aliphatic heterocycles. The molecule has 1 aliphatic rings. The Morgan fingerprint density at radius 1 is 1.44 bits per heavy atom. The summed E-state index contributed by atoms with van der Waals surface area (Å²) in [5.74, 6) is 1.78. The van der Waals surface area contributed by atoms with Crippen LogP contribution in [0.3, 0.4) is 0 Å². The standard InChI is InChI=1S/C15H23BrN2/c1-3-11-4-5-13(6-11)15(17-2)8-12-7-14(16)10-18-9-12/h7,9-11,13,15,17H,3-6,8H2,1-2H3. The summed E-state index contributed by atoms with van der Waals surface area (Å²) >= 11 is 3.50. The fraction of sp³-hybridized carbons (Fsp3) is 0.667. The molecule has 18 heavy (non-hydrogen) atoms. The van der Waals surface area contributed by atoms with Crippen molar-refractivity contribution < 1.29 is 0 Å². The van der Waals surface area contributed by atoms with E-state index in [4.69, 9.17) is 0 Å². The topological polar surface area (TPSA) is 24.9 Å². The summed E-state index contributed by atoms with van der Waals surface area (Å²) < 4.78 is 1.08. The second-order valence-electron chi connectivity index (χ2n) is 5.46. The van der Waals surface area contributed by atoms with Crippen molar-refractivity contribution in [2.75, 3.05) is 7.05 Å². The van der Waals surface area contributed by atoms with Crippen LogP contribution in [0.2, 0.25) is 0 Å². The van der Waals surface area contributed by atoms with E-state index in [2.05, 4.69) is 46.3 Å². The van der Waals surface area contributed by atoms with Crippen LogP contribution in [0.25, 0.3) is 0 Å². The molecule has 1 heterocycles. The van der Waals surface area contributed by atoms with Gasteiger partial charge in [-0.15, -0.1) is 0 Å². The zero-order valence-corrected chi connectivity index (χ0v) is 12.9. The average molecular weight is 311 g/mol. The van der Waals surface area contributed by atoms with Crippen LogP contribution in [-0.2, 0) is 6.42 Å². The maximum absolute atomic E-state index is 4.25. The summed E-state index contributed by atoms with van der Waals surface area (Å²) in [5, 5.41) is 3.51. The maximum atomic E-state index is 4.25. The Kier molecular flexibility index (Phi) is 5.19.